The topological polar surface area (TPSA) is 29.5 Å². The molecule has 0 saturated carbocycles. The third kappa shape index (κ3) is 4.05. The molecule has 0 aliphatic carbocycles. The highest BCUT2D eigenvalue weighted by Crippen LogP contribution is 2.25. The Labute approximate surface area is 139 Å². The number of piperazine rings is 1. The third-order valence-electron chi connectivity index (χ3n) is 5.58. The second-order valence-electron chi connectivity index (χ2n) is 7.03. The molecule has 23 heavy (non-hydrogen) atoms. The first-order valence-electron chi connectivity index (χ1n) is 8.97. The van der Waals surface area contributed by atoms with E-state index < -0.39 is 0 Å². The van der Waals surface area contributed by atoms with Gasteiger partial charge in [-0.2, -0.15) is 0 Å². The van der Waals surface area contributed by atoms with Crippen LogP contribution >= 0.6 is 0 Å². The number of anilines is 1. The van der Waals surface area contributed by atoms with Crippen molar-refractivity contribution < 1.29 is 14.0 Å². The van der Waals surface area contributed by atoms with Crippen LogP contribution in [0, 0.1) is 0 Å². The Morgan fingerprint density at radius 1 is 1.09 bits per heavy atom. The second kappa shape index (κ2) is 7.35. The van der Waals surface area contributed by atoms with Crippen LogP contribution in [0.25, 0.3) is 0 Å². The molecule has 2 heterocycles. The lowest BCUT2D eigenvalue weighted by atomic mass is 10.1. The van der Waals surface area contributed by atoms with Gasteiger partial charge in [-0.15, -0.1) is 0 Å². The minimum atomic E-state index is -0.117. The zero-order chi connectivity index (χ0) is 16.1. The Kier molecular flexibility index (Phi) is 5.21. The van der Waals surface area contributed by atoms with Crippen LogP contribution in [0.15, 0.2) is 24.3 Å². The van der Waals surface area contributed by atoms with Gasteiger partial charge in [-0.3, -0.25) is 4.79 Å². The lowest BCUT2D eigenvalue weighted by Gasteiger charge is -2.42. The minimum Gasteiger partial charge on any atom is -0.469 e. The molecule has 0 atom stereocenters. The summed E-state index contributed by atoms with van der Waals surface area (Å²) in [4.78, 5) is 13.7. The predicted octanol–water partition coefficient (Wildman–Crippen LogP) is 2.61. The number of rotatable bonds is 5. The highest BCUT2D eigenvalue weighted by atomic mass is 16.5. The van der Waals surface area contributed by atoms with Gasteiger partial charge in [0.2, 0.25) is 0 Å². The maximum atomic E-state index is 11.1. The number of aryl methyl sites for hydroxylation is 1. The van der Waals surface area contributed by atoms with Crippen LogP contribution in [-0.2, 0) is 16.0 Å². The summed E-state index contributed by atoms with van der Waals surface area (Å²) < 4.78 is 6.04. The number of hydrogen-bond donors (Lipinski definition) is 0. The highest BCUT2D eigenvalue weighted by molar-refractivity contribution is 5.69. The number of quaternary nitrogens is 1. The standard InChI is InChI=1S/C19H29N2O2/c1-23-19(22)6-4-5-17-7-9-18(10-8-17)20-11-15-21(16-12-20)13-2-3-14-21/h7-10H,2-6,11-16H2,1H3/q+1. The van der Waals surface area contributed by atoms with Crippen LogP contribution in [0.2, 0.25) is 0 Å². The van der Waals surface area contributed by atoms with E-state index in [0.29, 0.717) is 6.42 Å². The van der Waals surface area contributed by atoms with Crippen molar-refractivity contribution in [3.05, 3.63) is 29.8 Å². The molecule has 0 N–H and O–H groups in total. The summed E-state index contributed by atoms with van der Waals surface area (Å²) in [6, 6.07) is 8.91. The Morgan fingerprint density at radius 3 is 2.35 bits per heavy atom. The Morgan fingerprint density at radius 2 is 1.74 bits per heavy atom. The molecule has 4 nitrogen and oxygen atoms in total. The summed E-state index contributed by atoms with van der Waals surface area (Å²) in [5.74, 6) is -0.117. The first kappa shape index (κ1) is 16.3. The fourth-order valence-corrected chi connectivity index (χ4v) is 4.01. The van der Waals surface area contributed by atoms with E-state index in [-0.39, 0.29) is 5.97 Å². The summed E-state index contributed by atoms with van der Waals surface area (Å²) >= 11 is 0. The molecule has 2 aliphatic heterocycles. The monoisotopic (exact) mass is 317 g/mol. The van der Waals surface area contributed by atoms with Crippen LogP contribution in [0.5, 0.6) is 0 Å². The van der Waals surface area contributed by atoms with E-state index in [1.165, 1.54) is 75.0 Å². The molecule has 3 rings (SSSR count). The van der Waals surface area contributed by atoms with E-state index >= 15 is 0 Å². The molecule has 126 valence electrons. The Bertz CT molecular complexity index is 511. The molecule has 0 aromatic heterocycles. The van der Waals surface area contributed by atoms with Gasteiger partial charge in [0.1, 0.15) is 0 Å². The van der Waals surface area contributed by atoms with Gasteiger partial charge in [0, 0.05) is 24.9 Å². The summed E-state index contributed by atoms with van der Waals surface area (Å²) in [6.07, 6.45) is 5.13. The third-order valence-corrected chi connectivity index (χ3v) is 5.58. The van der Waals surface area contributed by atoms with Crippen molar-refractivity contribution in [2.24, 2.45) is 0 Å². The first-order chi connectivity index (χ1) is 11.2. The molecule has 1 aromatic rings. The lowest BCUT2D eigenvalue weighted by Crippen LogP contribution is -2.58. The van der Waals surface area contributed by atoms with E-state index in [4.69, 9.17) is 0 Å². The van der Waals surface area contributed by atoms with Crippen molar-refractivity contribution in [3.63, 3.8) is 0 Å². The number of hydrogen-bond acceptors (Lipinski definition) is 3. The molecule has 2 saturated heterocycles. The summed E-state index contributed by atoms with van der Waals surface area (Å²) in [7, 11) is 1.45. The Hall–Kier alpha value is -1.55. The van der Waals surface area contributed by atoms with Crippen LogP contribution < -0.4 is 4.90 Å². The van der Waals surface area contributed by atoms with Crippen molar-refractivity contribution in [2.75, 3.05) is 51.3 Å². The molecule has 2 aliphatic rings. The predicted molar refractivity (Wildman–Crippen MR) is 92.6 cm³/mol. The molecule has 4 heteroatoms. The molecule has 0 radical (unpaired) electrons. The number of benzene rings is 1. The zero-order valence-electron chi connectivity index (χ0n) is 14.3. The maximum absolute atomic E-state index is 11.1. The fraction of sp³-hybridized carbons (Fsp3) is 0.632. The van der Waals surface area contributed by atoms with Gasteiger partial charge >= 0.3 is 5.97 Å². The normalized spacial score (nSPS) is 20.0. The van der Waals surface area contributed by atoms with E-state index in [1.54, 1.807) is 0 Å². The number of methoxy groups -OCH3 is 1. The quantitative estimate of drug-likeness (QED) is 0.617. The van der Waals surface area contributed by atoms with Gasteiger partial charge in [0.05, 0.1) is 46.4 Å². The van der Waals surface area contributed by atoms with E-state index in [1.807, 2.05) is 0 Å². The molecular weight excluding hydrogens is 288 g/mol. The van der Waals surface area contributed by atoms with Crippen molar-refractivity contribution in [2.45, 2.75) is 32.1 Å². The summed E-state index contributed by atoms with van der Waals surface area (Å²) in [6.45, 7) is 7.77. The van der Waals surface area contributed by atoms with Crippen molar-refractivity contribution in [1.82, 2.24) is 0 Å². The van der Waals surface area contributed by atoms with Gasteiger partial charge in [-0.05, 0) is 30.5 Å². The number of esters is 1. The molecule has 0 bridgehead atoms. The van der Waals surface area contributed by atoms with Gasteiger partial charge in [-0.25, -0.2) is 0 Å². The SMILES string of the molecule is COC(=O)CCCc1ccc(N2CC[N+]3(CCCC3)CC2)cc1. The second-order valence-corrected chi connectivity index (χ2v) is 7.03. The van der Waals surface area contributed by atoms with Gasteiger partial charge < -0.3 is 14.1 Å². The molecule has 2 fully saturated rings. The van der Waals surface area contributed by atoms with Crippen LogP contribution in [0.4, 0.5) is 5.69 Å². The smallest absolute Gasteiger partial charge is 0.305 e. The van der Waals surface area contributed by atoms with Gasteiger partial charge in [0.25, 0.3) is 0 Å². The highest BCUT2D eigenvalue weighted by Gasteiger charge is 2.35. The summed E-state index contributed by atoms with van der Waals surface area (Å²) in [5.41, 5.74) is 2.65. The number of carbonyl (C=O) groups excluding carboxylic acids is 1. The van der Waals surface area contributed by atoms with Gasteiger partial charge in [0.15, 0.2) is 0 Å². The largest absolute Gasteiger partial charge is 0.469 e. The molecule has 0 amide bonds. The first-order valence-corrected chi connectivity index (χ1v) is 8.97. The number of ether oxygens (including phenoxy) is 1. The van der Waals surface area contributed by atoms with Crippen LogP contribution in [-0.4, -0.2) is 56.8 Å². The Balaban J connectivity index is 1.49. The zero-order valence-corrected chi connectivity index (χ0v) is 14.3. The number of nitrogens with zero attached hydrogens (tertiary/aromatic N) is 2. The van der Waals surface area contributed by atoms with Gasteiger partial charge in [-0.1, -0.05) is 12.1 Å². The van der Waals surface area contributed by atoms with E-state index in [2.05, 4.69) is 33.9 Å². The average molecular weight is 317 g/mol. The molecule has 1 spiro atoms. The summed E-state index contributed by atoms with van der Waals surface area (Å²) in [5, 5.41) is 0. The van der Waals surface area contributed by atoms with Crippen molar-refractivity contribution in [1.29, 1.82) is 0 Å². The minimum absolute atomic E-state index is 0.117. The van der Waals surface area contributed by atoms with Crippen LogP contribution in [0.1, 0.15) is 31.2 Å². The van der Waals surface area contributed by atoms with E-state index in [9.17, 15) is 4.79 Å². The van der Waals surface area contributed by atoms with Crippen molar-refractivity contribution >= 4 is 11.7 Å². The fourth-order valence-electron chi connectivity index (χ4n) is 4.01. The number of carbonyl (C=O) groups is 1. The van der Waals surface area contributed by atoms with Crippen LogP contribution in [0.3, 0.4) is 0 Å². The maximum Gasteiger partial charge on any atom is 0.305 e. The lowest BCUT2D eigenvalue weighted by molar-refractivity contribution is -0.917. The molecule has 0 unspecified atom stereocenters. The molecular formula is C19H29N2O2+. The van der Waals surface area contributed by atoms with Crippen molar-refractivity contribution in [3.8, 4) is 0 Å². The average Bonchev–Trinajstić information content (AvgIpc) is 3.04. The van der Waals surface area contributed by atoms with E-state index in [0.717, 1.165) is 12.8 Å². The molecule has 1 aromatic carbocycles.